The summed E-state index contributed by atoms with van der Waals surface area (Å²) in [6, 6.07) is 16.5. The SMILES string of the molecule is Cc1cc(NC(=O)Nc2ccccc2)ccc1-c1nc(NCCN(C)C)c2occc2n1. The van der Waals surface area contributed by atoms with E-state index in [4.69, 9.17) is 9.40 Å². The van der Waals surface area contributed by atoms with E-state index in [0.717, 1.165) is 35.4 Å². The van der Waals surface area contributed by atoms with Crippen molar-refractivity contribution in [1.82, 2.24) is 14.9 Å². The van der Waals surface area contributed by atoms with Crippen molar-refractivity contribution in [2.75, 3.05) is 43.1 Å². The minimum Gasteiger partial charge on any atom is -0.459 e. The number of carbonyl (C=O) groups excluding carboxylic acids is 1. The van der Waals surface area contributed by atoms with Crippen LogP contribution in [0.15, 0.2) is 65.3 Å². The molecule has 4 rings (SSSR count). The van der Waals surface area contributed by atoms with Crippen LogP contribution in [0, 0.1) is 6.92 Å². The number of hydrogen-bond acceptors (Lipinski definition) is 6. The Hall–Kier alpha value is -3.91. The molecule has 164 valence electrons. The zero-order valence-electron chi connectivity index (χ0n) is 18.3. The van der Waals surface area contributed by atoms with Crippen LogP contribution in [0.4, 0.5) is 22.0 Å². The number of likely N-dealkylation sites (N-methyl/N-ethyl adjacent to an activating group) is 1. The van der Waals surface area contributed by atoms with Crippen molar-refractivity contribution in [3.63, 3.8) is 0 Å². The number of amides is 2. The molecule has 8 nitrogen and oxygen atoms in total. The molecule has 0 fully saturated rings. The van der Waals surface area contributed by atoms with E-state index in [2.05, 4.69) is 25.8 Å². The molecule has 0 aliphatic rings. The Morgan fingerprint density at radius 2 is 1.78 bits per heavy atom. The summed E-state index contributed by atoms with van der Waals surface area (Å²) in [4.78, 5) is 23.8. The minimum absolute atomic E-state index is 0.299. The smallest absolute Gasteiger partial charge is 0.323 e. The van der Waals surface area contributed by atoms with Gasteiger partial charge < -0.3 is 25.3 Å². The zero-order valence-corrected chi connectivity index (χ0v) is 18.3. The van der Waals surface area contributed by atoms with Gasteiger partial charge in [-0.1, -0.05) is 18.2 Å². The Bertz CT molecular complexity index is 1220. The van der Waals surface area contributed by atoms with E-state index in [1.807, 2.05) is 75.6 Å². The summed E-state index contributed by atoms with van der Waals surface area (Å²) in [7, 11) is 4.04. The monoisotopic (exact) mass is 430 g/mol. The summed E-state index contributed by atoms with van der Waals surface area (Å²) in [6.45, 7) is 3.57. The molecule has 2 aromatic carbocycles. The van der Waals surface area contributed by atoms with E-state index in [1.165, 1.54) is 0 Å². The summed E-state index contributed by atoms with van der Waals surface area (Å²) >= 11 is 0. The van der Waals surface area contributed by atoms with Crippen LogP contribution in [-0.2, 0) is 0 Å². The fourth-order valence-corrected chi connectivity index (χ4v) is 3.31. The predicted octanol–water partition coefficient (Wildman–Crippen LogP) is 4.82. The third-order valence-corrected chi connectivity index (χ3v) is 4.91. The van der Waals surface area contributed by atoms with E-state index in [9.17, 15) is 4.79 Å². The van der Waals surface area contributed by atoms with Gasteiger partial charge in [-0.15, -0.1) is 0 Å². The van der Waals surface area contributed by atoms with E-state index >= 15 is 0 Å². The second-order valence-corrected chi connectivity index (χ2v) is 7.74. The van der Waals surface area contributed by atoms with Gasteiger partial charge in [0.15, 0.2) is 17.2 Å². The van der Waals surface area contributed by atoms with Crippen LogP contribution in [-0.4, -0.2) is 48.1 Å². The molecule has 2 heterocycles. The Kier molecular flexibility index (Phi) is 6.32. The lowest BCUT2D eigenvalue weighted by Crippen LogP contribution is -2.21. The number of benzene rings is 2. The molecule has 2 aromatic heterocycles. The number of aromatic nitrogens is 2. The number of hydrogen-bond donors (Lipinski definition) is 3. The Morgan fingerprint density at radius 3 is 2.53 bits per heavy atom. The normalized spacial score (nSPS) is 11.0. The average molecular weight is 431 g/mol. The summed E-state index contributed by atoms with van der Waals surface area (Å²) in [6.07, 6.45) is 1.62. The number of nitrogens with one attached hydrogen (secondary N) is 3. The second-order valence-electron chi connectivity index (χ2n) is 7.74. The molecule has 0 aliphatic heterocycles. The molecular formula is C24H26N6O2. The molecular weight excluding hydrogens is 404 g/mol. The largest absolute Gasteiger partial charge is 0.459 e. The number of aryl methyl sites for hydroxylation is 1. The maximum absolute atomic E-state index is 12.3. The van der Waals surface area contributed by atoms with Crippen LogP contribution in [0.2, 0.25) is 0 Å². The van der Waals surface area contributed by atoms with Crippen molar-refractivity contribution in [1.29, 1.82) is 0 Å². The Morgan fingerprint density at radius 1 is 1.00 bits per heavy atom. The number of furan rings is 1. The van der Waals surface area contributed by atoms with Gasteiger partial charge in [0.05, 0.1) is 6.26 Å². The van der Waals surface area contributed by atoms with Crippen LogP contribution < -0.4 is 16.0 Å². The van der Waals surface area contributed by atoms with Crippen molar-refractivity contribution in [3.05, 3.63) is 66.4 Å². The average Bonchev–Trinajstić information content (AvgIpc) is 3.23. The van der Waals surface area contributed by atoms with E-state index in [-0.39, 0.29) is 6.03 Å². The van der Waals surface area contributed by atoms with Gasteiger partial charge in [-0.2, -0.15) is 0 Å². The molecule has 2 amide bonds. The number of nitrogens with zero attached hydrogens (tertiary/aromatic N) is 3. The van der Waals surface area contributed by atoms with Gasteiger partial charge in [0, 0.05) is 36.1 Å². The number of anilines is 3. The van der Waals surface area contributed by atoms with Crippen molar-refractivity contribution in [2.45, 2.75) is 6.92 Å². The van der Waals surface area contributed by atoms with Gasteiger partial charge in [0.1, 0.15) is 5.52 Å². The van der Waals surface area contributed by atoms with Crippen molar-refractivity contribution >= 4 is 34.3 Å². The minimum atomic E-state index is -0.299. The Labute approximate surface area is 186 Å². The molecule has 32 heavy (non-hydrogen) atoms. The zero-order chi connectivity index (χ0) is 22.5. The fourth-order valence-electron chi connectivity index (χ4n) is 3.31. The van der Waals surface area contributed by atoms with Crippen LogP contribution in [0.5, 0.6) is 0 Å². The third kappa shape index (κ3) is 5.04. The van der Waals surface area contributed by atoms with Crippen LogP contribution in [0.3, 0.4) is 0 Å². The third-order valence-electron chi connectivity index (χ3n) is 4.91. The highest BCUT2D eigenvalue weighted by Gasteiger charge is 2.14. The van der Waals surface area contributed by atoms with Gasteiger partial charge in [-0.3, -0.25) is 0 Å². The molecule has 0 radical (unpaired) electrons. The summed E-state index contributed by atoms with van der Waals surface area (Å²) in [5, 5.41) is 9.02. The molecule has 0 spiro atoms. The van der Waals surface area contributed by atoms with Gasteiger partial charge in [0.2, 0.25) is 0 Å². The van der Waals surface area contributed by atoms with Gasteiger partial charge in [-0.05, 0) is 56.9 Å². The Balaban J connectivity index is 1.54. The van der Waals surface area contributed by atoms with Gasteiger partial charge in [0.25, 0.3) is 0 Å². The second kappa shape index (κ2) is 9.49. The maximum atomic E-state index is 12.3. The molecule has 8 heteroatoms. The number of carbonyl (C=O) groups is 1. The number of fused-ring (bicyclic) bond motifs is 1. The number of urea groups is 1. The maximum Gasteiger partial charge on any atom is 0.323 e. The summed E-state index contributed by atoms with van der Waals surface area (Å²) in [5.41, 5.74) is 4.64. The first-order chi connectivity index (χ1) is 15.5. The lowest BCUT2D eigenvalue weighted by Gasteiger charge is -2.13. The van der Waals surface area contributed by atoms with Crippen LogP contribution in [0.1, 0.15) is 5.56 Å². The predicted molar refractivity (Wildman–Crippen MR) is 128 cm³/mol. The molecule has 3 N–H and O–H groups in total. The van der Waals surface area contributed by atoms with E-state index < -0.39 is 0 Å². The first kappa shape index (κ1) is 21.3. The lowest BCUT2D eigenvalue weighted by molar-refractivity contribution is 0.262. The highest BCUT2D eigenvalue weighted by atomic mass is 16.3. The lowest BCUT2D eigenvalue weighted by atomic mass is 10.1. The van der Waals surface area contributed by atoms with Crippen molar-refractivity contribution in [2.24, 2.45) is 0 Å². The number of rotatable bonds is 7. The standard InChI is InChI=1S/C24H26N6O2/c1-16-15-18(27-24(31)26-17-7-5-4-6-8-17)9-10-19(16)22-28-20-11-14-32-21(20)23(29-22)25-12-13-30(2)3/h4-11,14-15H,12-13H2,1-3H3,(H,25,28,29)(H2,26,27,31). The highest BCUT2D eigenvalue weighted by molar-refractivity contribution is 6.00. The van der Waals surface area contributed by atoms with Gasteiger partial charge >= 0.3 is 6.03 Å². The molecule has 4 aromatic rings. The van der Waals surface area contributed by atoms with Crippen molar-refractivity contribution < 1.29 is 9.21 Å². The first-order valence-electron chi connectivity index (χ1n) is 10.4. The fraction of sp³-hybridized carbons (Fsp3) is 0.208. The highest BCUT2D eigenvalue weighted by Crippen LogP contribution is 2.28. The number of para-hydroxylation sites is 1. The van der Waals surface area contributed by atoms with E-state index in [1.54, 1.807) is 6.26 Å². The summed E-state index contributed by atoms with van der Waals surface area (Å²) in [5.74, 6) is 1.27. The topological polar surface area (TPSA) is 95.3 Å². The molecule has 0 bridgehead atoms. The molecule has 0 saturated heterocycles. The summed E-state index contributed by atoms with van der Waals surface area (Å²) < 4.78 is 5.58. The molecule has 0 atom stereocenters. The van der Waals surface area contributed by atoms with Crippen LogP contribution >= 0.6 is 0 Å². The first-order valence-corrected chi connectivity index (χ1v) is 10.4. The van der Waals surface area contributed by atoms with Gasteiger partial charge in [-0.25, -0.2) is 14.8 Å². The quantitative estimate of drug-likeness (QED) is 0.389. The van der Waals surface area contributed by atoms with Crippen LogP contribution in [0.25, 0.3) is 22.5 Å². The van der Waals surface area contributed by atoms with E-state index in [0.29, 0.717) is 22.9 Å². The molecule has 0 unspecified atom stereocenters. The molecule has 0 aliphatic carbocycles. The molecule has 0 saturated carbocycles. The van der Waals surface area contributed by atoms with Crippen molar-refractivity contribution in [3.8, 4) is 11.4 Å².